The van der Waals surface area contributed by atoms with Gasteiger partial charge in [-0.3, -0.25) is 19.8 Å². The molecule has 9 rings (SSSR count). The van der Waals surface area contributed by atoms with E-state index in [0.29, 0.717) is 34.8 Å². The molecule has 3 aromatic carbocycles. The van der Waals surface area contributed by atoms with E-state index in [2.05, 4.69) is 67.8 Å². The van der Waals surface area contributed by atoms with Gasteiger partial charge in [0.1, 0.15) is 16.9 Å². The molecule has 15 nitrogen and oxygen atoms in total. The van der Waals surface area contributed by atoms with Crippen molar-refractivity contribution in [1.82, 2.24) is 34.3 Å². The number of aromatic nitrogens is 4. The first-order valence-electron chi connectivity index (χ1n) is 21.9. The second-order valence-corrected chi connectivity index (χ2v) is 20.4. The quantitative estimate of drug-likeness (QED) is 0.0799. The SMILES string of the molecule is CN1CCC(CNc2ccc(S(=O)(=O)NC(=O)c3ccc(N4CCN(CC5=C(c6ccc(Cl)cc6)CC(C)(C)CC5)CC4)cc3-n3ncc4nc5[nH]ccc5cc43)cc2[N+](=O)[O-])CC1. The second-order valence-electron chi connectivity index (χ2n) is 18.3. The Morgan fingerprint density at radius 2 is 1.75 bits per heavy atom. The highest BCUT2D eigenvalue weighted by Gasteiger charge is 2.31. The van der Waals surface area contributed by atoms with E-state index >= 15 is 0 Å². The van der Waals surface area contributed by atoms with Crippen LogP contribution in [0.5, 0.6) is 0 Å². The Morgan fingerprint density at radius 3 is 2.50 bits per heavy atom. The number of carbonyl (C=O) groups is 1. The average molecular weight is 906 g/mol. The molecule has 1 aliphatic carbocycles. The number of carbonyl (C=O) groups excluding carboxylic acids is 1. The molecule has 0 bridgehead atoms. The fraction of sp³-hybridized carbons (Fsp3) is 0.383. The summed E-state index contributed by atoms with van der Waals surface area (Å²) in [6.45, 7) is 11.1. The Bertz CT molecular complexity index is 2880. The van der Waals surface area contributed by atoms with Crippen LogP contribution in [0.25, 0.3) is 33.3 Å². The highest BCUT2D eigenvalue weighted by molar-refractivity contribution is 7.90. The number of halogens is 1. The van der Waals surface area contributed by atoms with Gasteiger partial charge in [0, 0.05) is 67.6 Å². The Balaban J connectivity index is 0.970. The number of fused-ring (bicyclic) bond motifs is 2. The van der Waals surface area contributed by atoms with Crippen LogP contribution in [0.1, 0.15) is 61.9 Å². The number of H-pyrrole nitrogens is 1. The normalized spacial score (nSPS) is 17.9. The number of amides is 1. The first-order valence-corrected chi connectivity index (χ1v) is 23.7. The molecule has 6 aromatic rings. The highest BCUT2D eigenvalue weighted by atomic mass is 35.5. The molecule has 2 fully saturated rings. The van der Waals surface area contributed by atoms with Crippen molar-refractivity contribution in [3.05, 3.63) is 117 Å². The van der Waals surface area contributed by atoms with Crippen molar-refractivity contribution < 1.29 is 18.1 Å². The molecule has 3 aliphatic rings. The number of piperidine rings is 1. The maximum Gasteiger partial charge on any atom is 0.293 e. The molecular formula is C47H53ClN10O5S. The lowest BCUT2D eigenvalue weighted by molar-refractivity contribution is -0.384. The smallest absolute Gasteiger partial charge is 0.293 e. The van der Waals surface area contributed by atoms with E-state index in [4.69, 9.17) is 16.6 Å². The lowest BCUT2D eigenvalue weighted by Gasteiger charge is -2.39. The predicted octanol–water partition coefficient (Wildman–Crippen LogP) is 8.12. The van der Waals surface area contributed by atoms with Crippen LogP contribution in [-0.4, -0.2) is 108 Å². The number of aromatic amines is 1. The number of allylic oxidation sites excluding steroid dienone is 1. The molecule has 1 amide bonds. The van der Waals surface area contributed by atoms with Gasteiger partial charge >= 0.3 is 0 Å². The minimum atomic E-state index is -4.56. The third kappa shape index (κ3) is 9.23. The van der Waals surface area contributed by atoms with E-state index in [1.165, 1.54) is 28.8 Å². The van der Waals surface area contributed by atoms with Gasteiger partial charge < -0.3 is 20.1 Å². The minimum absolute atomic E-state index is 0.0536. The van der Waals surface area contributed by atoms with Gasteiger partial charge in [-0.2, -0.15) is 5.10 Å². The number of nitro benzene ring substituents is 1. The number of rotatable bonds is 12. The first kappa shape index (κ1) is 43.4. The van der Waals surface area contributed by atoms with Crippen molar-refractivity contribution in [2.45, 2.75) is 50.8 Å². The lowest BCUT2D eigenvalue weighted by atomic mass is 9.72. The zero-order valence-corrected chi connectivity index (χ0v) is 37.9. The number of nitrogens with zero attached hydrogens (tertiary/aromatic N) is 7. The van der Waals surface area contributed by atoms with E-state index in [1.54, 1.807) is 23.1 Å². The molecule has 0 saturated carbocycles. The first-order chi connectivity index (χ1) is 30.7. The number of piperazine rings is 1. The fourth-order valence-corrected chi connectivity index (χ4v) is 10.4. The van der Waals surface area contributed by atoms with Crippen molar-refractivity contribution in [1.29, 1.82) is 0 Å². The topological polar surface area (TPSA) is 175 Å². The third-order valence-corrected chi connectivity index (χ3v) is 14.8. The second kappa shape index (κ2) is 17.6. The number of hydrogen-bond acceptors (Lipinski definition) is 11. The zero-order chi connectivity index (χ0) is 44.8. The molecule has 2 saturated heterocycles. The van der Waals surface area contributed by atoms with Crippen molar-refractivity contribution in [3.8, 4) is 5.69 Å². The number of pyridine rings is 1. The molecule has 3 aromatic heterocycles. The van der Waals surface area contributed by atoms with E-state index in [1.807, 2.05) is 36.4 Å². The summed E-state index contributed by atoms with van der Waals surface area (Å²) in [7, 11) is -2.49. The predicted molar refractivity (Wildman–Crippen MR) is 252 cm³/mol. The maximum atomic E-state index is 14.2. The van der Waals surface area contributed by atoms with Crippen molar-refractivity contribution in [2.75, 3.05) is 69.6 Å². The summed E-state index contributed by atoms with van der Waals surface area (Å²) in [5, 5.41) is 21.6. The van der Waals surface area contributed by atoms with Crippen LogP contribution in [-0.2, 0) is 10.0 Å². The number of sulfonamides is 1. The summed E-state index contributed by atoms with van der Waals surface area (Å²) >= 11 is 6.26. The van der Waals surface area contributed by atoms with E-state index in [9.17, 15) is 23.3 Å². The van der Waals surface area contributed by atoms with Gasteiger partial charge in [-0.15, -0.1) is 0 Å². The summed E-state index contributed by atoms with van der Waals surface area (Å²) in [6.07, 6.45) is 8.53. The number of likely N-dealkylation sites (tertiary alicyclic amines) is 1. The molecule has 0 atom stereocenters. The van der Waals surface area contributed by atoms with Crippen molar-refractivity contribution in [2.24, 2.45) is 11.3 Å². The van der Waals surface area contributed by atoms with Gasteiger partial charge in [0.05, 0.1) is 32.8 Å². The molecule has 64 heavy (non-hydrogen) atoms. The number of anilines is 2. The number of nitrogens with one attached hydrogen (secondary N) is 3. The molecule has 17 heteroatoms. The summed E-state index contributed by atoms with van der Waals surface area (Å²) in [4.78, 5) is 40.3. The Morgan fingerprint density at radius 1 is 0.984 bits per heavy atom. The molecule has 2 aliphatic heterocycles. The number of nitro groups is 1. The standard InChI is InChI=1S/C47H53ClN10O5S/c1-47(2)16-12-34(39(27-47)32-4-6-35(48)7-5-32)30-55-20-22-56(23-21-55)36-8-10-38(42(25-36)57-43-24-33-13-17-49-45(33)52-41(43)29-51-57)46(59)53-64(62,63)37-9-11-40(44(26-37)58(60)61)50-28-31-14-18-54(3)19-15-31/h4-11,13,17,24-26,29,31,50H,12,14-16,18-23,27-28,30H2,1-3H3,(H,49,52)(H,53,59). The van der Waals surface area contributed by atoms with Gasteiger partial charge in [0.15, 0.2) is 0 Å². The van der Waals surface area contributed by atoms with Crippen LogP contribution in [0.3, 0.4) is 0 Å². The van der Waals surface area contributed by atoms with Crippen LogP contribution < -0.4 is 14.9 Å². The molecular weight excluding hydrogens is 852 g/mol. The van der Waals surface area contributed by atoms with E-state index in [0.717, 1.165) is 100 Å². The summed E-state index contributed by atoms with van der Waals surface area (Å²) in [5.41, 5.74) is 7.36. The minimum Gasteiger partial charge on any atom is -0.379 e. The largest absolute Gasteiger partial charge is 0.379 e. The van der Waals surface area contributed by atoms with Gasteiger partial charge in [-0.05, 0) is 129 Å². The molecule has 3 N–H and O–H groups in total. The van der Waals surface area contributed by atoms with Gasteiger partial charge in [0.25, 0.3) is 21.6 Å². The number of hydrogen-bond donors (Lipinski definition) is 3. The monoisotopic (exact) mass is 904 g/mol. The molecule has 0 spiro atoms. The van der Waals surface area contributed by atoms with E-state index < -0.39 is 25.7 Å². The molecule has 5 heterocycles. The van der Waals surface area contributed by atoms with Crippen LogP contribution in [0.2, 0.25) is 5.02 Å². The van der Waals surface area contributed by atoms with Gasteiger partial charge in [0.2, 0.25) is 0 Å². The Labute approximate surface area is 377 Å². The van der Waals surface area contributed by atoms with Crippen LogP contribution >= 0.6 is 11.6 Å². The molecule has 0 unspecified atom stereocenters. The van der Waals surface area contributed by atoms with Crippen LogP contribution in [0, 0.1) is 21.4 Å². The highest BCUT2D eigenvalue weighted by Crippen LogP contribution is 2.43. The average Bonchev–Trinajstić information content (AvgIpc) is 3.92. The number of benzene rings is 3. The van der Waals surface area contributed by atoms with Gasteiger partial charge in [-0.25, -0.2) is 22.8 Å². The van der Waals surface area contributed by atoms with Crippen molar-refractivity contribution >= 4 is 72.2 Å². The summed E-state index contributed by atoms with van der Waals surface area (Å²) in [5.74, 6) is -0.564. The third-order valence-electron chi connectivity index (χ3n) is 13.2. The Hall–Kier alpha value is -5.81. The lowest BCUT2D eigenvalue weighted by Crippen LogP contribution is -2.47. The zero-order valence-electron chi connectivity index (χ0n) is 36.3. The van der Waals surface area contributed by atoms with Crippen LogP contribution in [0.15, 0.2) is 95.7 Å². The maximum absolute atomic E-state index is 14.2. The summed E-state index contributed by atoms with van der Waals surface area (Å²) < 4.78 is 31.5. The van der Waals surface area contributed by atoms with Gasteiger partial charge in [-0.1, -0.05) is 43.2 Å². The molecule has 0 radical (unpaired) electrons. The molecule has 334 valence electrons. The van der Waals surface area contributed by atoms with Crippen LogP contribution in [0.4, 0.5) is 17.1 Å². The fourth-order valence-electron chi connectivity index (χ4n) is 9.33. The Kier molecular flexibility index (Phi) is 12.0. The van der Waals surface area contributed by atoms with Crippen molar-refractivity contribution in [3.63, 3.8) is 0 Å². The van der Waals surface area contributed by atoms with E-state index in [-0.39, 0.29) is 22.4 Å². The summed E-state index contributed by atoms with van der Waals surface area (Å²) in [6, 6.07) is 21.0.